The molecule has 6 heteroatoms. The Kier molecular flexibility index (Phi) is 3.41. The fourth-order valence-electron chi connectivity index (χ4n) is 3.05. The molecule has 0 bridgehead atoms. The summed E-state index contributed by atoms with van der Waals surface area (Å²) in [5, 5.41) is 0. The molecule has 120 valence electrons. The van der Waals surface area contributed by atoms with Crippen LogP contribution >= 0.6 is 0 Å². The molecule has 23 heavy (non-hydrogen) atoms. The molecule has 0 atom stereocenters. The van der Waals surface area contributed by atoms with Gasteiger partial charge in [0.15, 0.2) is 11.5 Å². The maximum Gasteiger partial charge on any atom is 0.586 e. The van der Waals surface area contributed by atoms with E-state index < -0.39 is 6.29 Å². The van der Waals surface area contributed by atoms with Gasteiger partial charge in [-0.2, -0.15) is 0 Å². The van der Waals surface area contributed by atoms with Gasteiger partial charge in [-0.15, -0.1) is 8.78 Å². The van der Waals surface area contributed by atoms with E-state index in [-0.39, 0.29) is 11.5 Å². The molecule has 0 spiro atoms. The second-order valence-corrected chi connectivity index (χ2v) is 5.84. The Morgan fingerprint density at radius 1 is 1.09 bits per heavy atom. The molecule has 1 saturated heterocycles. The highest BCUT2D eigenvalue weighted by atomic mass is 19.3. The Morgan fingerprint density at radius 2 is 1.91 bits per heavy atom. The number of halogens is 2. The second kappa shape index (κ2) is 5.45. The molecule has 1 fully saturated rings. The highest BCUT2D eigenvalue weighted by Crippen LogP contribution is 2.46. The Hall–Kier alpha value is -2.21. The number of ether oxygens (including phenoxy) is 2. The van der Waals surface area contributed by atoms with Crippen LogP contribution in [0.1, 0.15) is 18.4 Å². The molecule has 0 amide bonds. The van der Waals surface area contributed by atoms with Crippen LogP contribution in [0.15, 0.2) is 36.5 Å². The molecule has 2 aliphatic heterocycles. The number of rotatable bonds is 3. The van der Waals surface area contributed by atoms with Gasteiger partial charge in [-0.05, 0) is 49.7 Å². The molecular formula is C17H16F2N2O2. The number of para-hydroxylation sites is 1. The van der Waals surface area contributed by atoms with Gasteiger partial charge < -0.3 is 9.47 Å². The van der Waals surface area contributed by atoms with Crippen molar-refractivity contribution in [1.82, 2.24) is 9.88 Å². The van der Waals surface area contributed by atoms with E-state index in [0.29, 0.717) is 11.3 Å². The highest BCUT2D eigenvalue weighted by Gasteiger charge is 2.44. The van der Waals surface area contributed by atoms with Gasteiger partial charge in [0.05, 0.1) is 5.69 Å². The number of pyridine rings is 1. The lowest BCUT2D eigenvalue weighted by Gasteiger charge is -2.14. The van der Waals surface area contributed by atoms with Gasteiger partial charge in [0.2, 0.25) is 0 Å². The molecular weight excluding hydrogens is 302 g/mol. The van der Waals surface area contributed by atoms with Crippen molar-refractivity contribution in [3.05, 3.63) is 42.1 Å². The van der Waals surface area contributed by atoms with E-state index in [1.165, 1.54) is 18.9 Å². The van der Waals surface area contributed by atoms with Gasteiger partial charge in [-0.25, -0.2) is 0 Å². The van der Waals surface area contributed by atoms with E-state index >= 15 is 0 Å². The van der Waals surface area contributed by atoms with E-state index in [1.54, 1.807) is 18.3 Å². The predicted molar refractivity (Wildman–Crippen MR) is 80.4 cm³/mol. The summed E-state index contributed by atoms with van der Waals surface area (Å²) in [6, 6.07) is 8.63. The van der Waals surface area contributed by atoms with Gasteiger partial charge in [-0.1, -0.05) is 12.1 Å². The molecule has 1 aromatic carbocycles. The number of nitrogens with zero attached hydrogens (tertiary/aromatic N) is 2. The number of benzene rings is 1. The van der Waals surface area contributed by atoms with Crippen LogP contribution in [0.2, 0.25) is 0 Å². The van der Waals surface area contributed by atoms with E-state index in [1.807, 2.05) is 12.1 Å². The van der Waals surface area contributed by atoms with Crippen LogP contribution in [0.4, 0.5) is 8.78 Å². The normalized spacial score (nSPS) is 19.2. The summed E-state index contributed by atoms with van der Waals surface area (Å²) < 4.78 is 35.6. The topological polar surface area (TPSA) is 34.6 Å². The molecule has 0 aliphatic carbocycles. The number of likely N-dealkylation sites (tertiary alicyclic amines) is 1. The van der Waals surface area contributed by atoms with E-state index in [2.05, 4.69) is 19.4 Å². The Bertz CT molecular complexity index is 713. The summed E-state index contributed by atoms with van der Waals surface area (Å²) >= 11 is 0. The van der Waals surface area contributed by atoms with E-state index in [4.69, 9.17) is 0 Å². The number of hydrogen-bond donors (Lipinski definition) is 0. The van der Waals surface area contributed by atoms with Crippen LogP contribution in [-0.4, -0.2) is 29.3 Å². The standard InChI is InChI=1S/C17H16F2N2O2/c18-17(19)22-15-5-3-4-13(16(15)23-17)14-7-6-12(10-20-14)11-21-8-1-2-9-21/h3-7,10H,1-2,8-9,11H2. The fourth-order valence-corrected chi connectivity index (χ4v) is 3.05. The third-order valence-corrected chi connectivity index (χ3v) is 4.13. The third kappa shape index (κ3) is 2.86. The van der Waals surface area contributed by atoms with Crippen LogP contribution < -0.4 is 9.47 Å². The highest BCUT2D eigenvalue weighted by molar-refractivity contribution is 5.71. The van der Waals surface area contributed by atoms with Gasteiger partial charge >= 0.3 is 6.29 Å². The largest absolute Gasteiger partial charge is 0.586 e. The van der Waals surface area contributed by atoms with Crippen molar-refractivity contribution in [3.63, 3.8) is 0 Å². The summed E-state index contributed by atoms with van der Waals surface area (Å²) in [5.41, 5.74) is 2.21. The van der Waals surface area contributed by atoms with Crippen molar-refractivity contribution in [2.24, 2.45) is 0 Å². The number of alkyl halides is 2. The van der Waals surface area contributed by atoms with Crippen LogP contribution in [0.25, 0.3) is 11.3 Å². The summed E-state index contributed by atoms with van der Waals surface area (Å²) in [6.45, 7) is 3.11. The van der Waals surface area contributed by atoms with E-state index in [9.17, 15) is 8.78 Å². The van der Waals surface area contributed by atoms with Crippen LogP contribution in [0.3, 0.4) is 0 Å². The minimum atomic E-state index is -3.62. The summed E-state index contributed by atoms with van der Waals surface area (Å²) in [4.78, 5) is 6.79. The van der Waals surface area contributed by atoms with Gasteiger partial charge in [0, 0.05) is 18.3 Å². The minimum absolute atomic E-state index is 0.0374. The number of aromatic nitrogens is 1. The number of hydrogen-bond acceptors (Lipinski definition) is 4. The lowest BCUT2D eigenvalue weighted by Crippen LogP contribution is -2.26. The molecule has 4 nitrogen and oxygen atoms in total. The Labute approximate surface area is 132 Å². The first-order valence-electron chi connectivity index (χ1n) is 7.67. The van der Waals surface area contributed by atoms with Crippen LogP contribution in [0, 0.1) is 0 Å². The quantitative estimate of drug-likeness (QED) is 0.865. The average molecular weight is 318 g/mol. The zero-order valence-corrected chi connectivity index (χ0v) is 12.5. The molecule has 0 saturated carbocycles. The SMILES string of the molecule is FC1(F)Oc2cccc(-c3ccc(CN4CCCC4)cn3)c2O1. The maximum absolute atomic E-state index is 13.3. The van der Waals surface area contributed by atoms with Crippen LogP contribution in [-0.2, 0) is 6.54 Å². The Balaban J connectivity index is 1.58. The van der Waals surface area contributed by atoms with Crippen molar-refractivity contribution < 1.29 is 18.3 Å². The van der Waals surface area contributed by atoms with Gasteiger partial charge in [0.25, 0.3) is 0 Å². The van der Waals surface area contributed by atoms with Crippen molar-refractivity contribution in [1.29, 1.82) is 0 Å². The lowest BCUT2D eigenvalue weighted by atomic mass is 10.1. The van der Waals surface area contributed by atoms with Crippen molar-refractivity contribution in [2.45, 2.75) is 25.7 Å². The molecule has 3 heterocycles. The monoisotopic (exact) mass is 318 g/mol. The zero-order chi connectivity index (χ0) is 15.9. The molecule has 0 N–H and O–H groups in total. The molecule has 2 aromatic rings. The number of fused-ring (bicyclic) bond motifs is 1. The maximum atomic E-state index is 13.3. The molecule has 1 aromatic heterocycles. The third-order valence-electron chi connectivity index (χ3n) is 4.13. The Morgan fingerprint density at radius 3 is 2.65 bits per heavy atom. The van der Waals surface area contributed by atoms with Crippen molar-refractivity contribution in [3.8, 4) is 22.8 Å². The summed E-state index contributed by atoms with van der Waals surface area (Å²) in [6.07, 6.45) is 0.662. The first kappa shape index (κ1) is 14.4. The van der Waals surface area contributed by atoms with Crippen molar-refractivity contribution in [2.75, 3.05) is 13.1 Å². The molecule has 2 aliphatic rings. The van der Waals surface area contributed by atoms with E-state index in [0.717, 1.165) is 25.2 Å². The van der Waals surface area contributed by atoms with Gasteiger partial charge in [0.1, 0.15) is 0 Å². The first-order valence-corrected chi connectivity index (χ1v) is 7.67. The lowest BCUT2D eigenvalue weighted by molar-refractivity contribution is -0.286. The van der Waals surface area contributed by atoms with Crippen molar-refractivity contribution >= 4 is 0 Å². The first-order chi connectivity index (χ1) is 11.1. The smallest absolute Gasteiger partial charge is 0.395 e. The minimum Gasteiger partial charge on any atom is -0.395 e. The fraction of sp³-hybridized carbons (Fsp3) is 0.353. The average Bonchev–Trinajstić information content (AvgIpc) is 3.13. The predicted octanol–water partition coefficient (Wildman–Crippen LogP) is 3.67. The molecule has 0 unspecified atom stereocenters. The summed E-state index contributed by atoms with van der Waals surface area (Å²) in [5.74, 6) is 0.0766. The van der Waals surface area contributed by atoms with Gasteiger partial charge in [-0.3, -0.25) is 9.88 Å². The van der Waals surface area contributed by atoms with Crippen LogP contribution in [0.5, 0.6) is 11.5 Å². The summed E-state index contributed by atoms with van der Waals surface area (Å²) in [7, 11) is 0. The zero-order valence-electron chi connectivity index (χ0n) is 12.5. The second-order valence-electron chi connectivity index (χ2n) is 5.84. The molecule has 4 rings (SSSR count). The molecule has 0 radical (unpaired) electrons.